The highest BCUT2D eigenvalue weighted by molar-refractivity contribution is 7.89. The van der Waals surface area contributed by atoms with Gasteiger partial charge in [-0.15, -0.1) is 0 Å². The van der Waals surface area contributed by atoms with Crippen molar-refractivity contribution in [3.63, 3.8) is 0 Å². The molecule has 1 aromatic carbocycles. The first-order valence-electron chi connectivity index (χ1n) is 6.63. The number of hydrogen-bond acceptors (Lipinski definition) is 4. The first kappa shape index (κ1) is 15.0. The van der Waals surface area contributed by atoms with E-state index >= 15 is 0 Å². The van der Waals surface area contributed by atoms with E-state index in [1.165, 1.54) is 7.11 Å². The third kappa shape index (κ3) is 4.31. The van der Waals surface area contributed by atoms with Gasteiger partial charge in [-0.3, -0.25) is 4.79 Å². The molecule has 5 nitrogen and oxygen atoms in total. The van der Waals surface area contributed by atoms with Crippen molar-refractivity contribution in [1.82, 2.24) is 4.72 Å². The summed E-state index contributed by atoms with van der Waals surface area (Å²) in [6, 6.07) is 9.86. The van der Waals surface area contributed by atoms with Gasteiger partial charge in [0.2, 0.25) is 10.0 Å². The molecule has 0 saturated heterocycles. The zero-order valence-corrected chi connectivity index (χ0v) is 12.2. The van der Waals surface area contributed by atoms with Crippen LogP contribution in [0.1, 0.15) is 30.7 Å². The van der Waals surface area contributed by atoms with Crippen molar-refractivity contribution in [3.05, 3.63) is 35.9 Å². The minimum atomic E-state index is -3.32. The molecule has 1 aliphatic carbocycles. The van der Waals surface area contributed by atoms with Crippen LogP contribution in [-0.2, 0) is 19.6 Å². The Hall–Kier alpha value is -1.40. The number of ether oxygens (including phenoxy) is 1. The molecule has 0 amide bonds. The van der Waals surface area contributed by atoms with Crippen molar-refractivity contribution in [2.24, 2.45) is 0 Å². The largest absolute Gasteiger partial charge is 0.469 e. The van der Waals surface area contributed by atoms with E-state index < -0.39 is 10.0 Å². The van der Waals surface area contributed by atoms with E-state index in [4.69, 9.17) is 0 Å². The van der Waals surface area contributed by atoms with Crippen LogP contribution in [0, 0.1) is 0 Å². The Labute approximate surface area is 119 Å². The Morgan fingerprint density at radius 2 is 2.05 bits per heavy atom. The van der Waals surface area contributed by atoms with Crippen LogP contribution < -0.4 is 4.72 Å². The van der Waals surface area contributed by atoms with Crippen molar-refractivity contribution in [3.8, 4) is 0 Å². The maximum Gasteiger partial charge on any atom is 0.305 e. The van der Waals surface area contributed by atoms with Crippen molar-refractivity contribution < 1.29 is 17.9 Å². The van der Waals surface area contributed by atoms with Gasteiger partial charge in [-0.25, -0.2) is 13.1 Å². The van der Waals surface area contributed by atoms with Gasteiger partial charge < -0.3 is 4.74 Å². The Bertz CT molecular complexity index is 556. The summed E-state index contributed by atoms with van der Waals surface area (Å²) in [7, 11) is -2.03. The second-order valence-corrected chi connectivity index (χ2v) is 6.85. The Kier molecular flexibility index (Phi) is 4.77. The molecular formula is C14H19NO4S. The Morgan fingerprint density at radius 1 is 1.35 bits per heavy atom. The van der Waals surface area contributed by atoms with Gasteiger partial charge in [0.25, 0.3) is 0 Å². The molecule has 1 N–H and O–H groups in total. The summed E-state index contributed by atoms with van der Waals surface area (Å²) in [5.74, 6) is -0.152. The standard InChI is InChI=1S/C14H19NO4S/c1-19-14(16)8-5-9-20(17,18)15-13-10-12(13)11-6-3-2-4-7-11/h2-4,6-7,12-13,15H,5,8-10H2,1H3. The average Bonchev–Trinajstić information content (AvgIpc) is 3.17. The molecule has 0 bridgehead atoms. The number of carbonyl (C=O) groups excluding carboxylic acids is 1. The second kappa shape index (κ2) is 6.37. The number of carbonyl (C=O) groups is 1. The van der Waals surface area contributed by atoms with Crippen LogP contribution in [-0.4, -0.2) is 33.3 Å². The minimum absolute atomic E-state index is 0.0134. The lowest BCUT2D eigenvalue weighted by atomic mass is 10.1. The maximum absolute atomic E-state index is 11.9. The molecule has 110 valence electrons. The van der Waals surface area contributed by atoms with Crippen LogP contribution in [0.2, 0.25) is 0 Å². The summed E-state index contributed by atoms with van der Waals surface area (Å²) in [4.78, 5) is 10.9. The number of rotatable bonds is 7. The molecule has 1 aliphatic rings. The first-order chi connectivity index (χ1) is 9.52. The molecule has 2 rings (SSSR count). The molecule has 1 fully saturated rings. The lowest BCUT2D eigenvalue weighted by molar-refractivity contribution is -0.140. The lowest BCUT2D eigenvalue weighted by Crippen LogP contribution is -2.29. The normalized spacial score (nSPS) is 21.4. The number of sulfonamides is 1. The summed E-state index contributed by atoms with van der Waals surface area (Å²) in [5.41, 5.74) is 1.16. The third-order valence-electron chi connectivity index (χ3n) is 3.37. The van der Waals surface area contributed by atoms with E-state index in [1.54, 1.807) is 0 Å². The van der Waals surface area contributed by atoms with Gasteiger partial charge in [0.05, 0.1) is 12.9 Å². The fraction of sp³-hybridized carbons (Fsp3) is 0.500. The topological polar surface area (TPSA) is 72.5 Å². The smallest absolute Gasteiger partial charge is 0.305 e. The quantitative estimate of drug-likeness (QED) is 0.772. The van der Waals surface area contributed by atoms with Gasteiger partial charge in [0.1, 0.15) is 0 Å². The highest BCUT2D eigenvalue weighted by atomic mass is 32.2. The van der Waals surface area contributed by atoms with E-state index in [2.05, 4.69) is 9.46 Å². The highest BCUT2D eigenvalue weighted by Crippen LogP contribution is 2.40. The number of benzene rings is 1. The summed E-state index contributed by atoms with van der Waals surface area (Å²) < 4.78 is 30.9. The van der Waals surface area contributed by atoms with Crippen LogP contribution in [0.4, 0.5) is 0 Å². The van der Waals surface area contributed by atoms with Crippen LogP contribution >= 0.6 is 0 Å². The van der Waals surface area contributed by atoms with Gasteiger partial charge in [-0.2, -0.15) is 0 Å². The zero-order valence-electron chi connectivity index (χ0n) is 11.4. The molecule has 6 heteroatoms. The molecule has 0 aromatic heterocycles. The van der Waals surface area contributed by atoms with Gasteiger partial charge in [-0.1, -0.05) is 30.3 Å². The third-order valence-corrected chi connectivity index (χ3v) is 4.86. The molecule has 1 saturated carbocycles. The Morgan fingerprint density at radius 3 is 2.70 bits per heavy atom. The highest BCUT2D eigenvalue weighted by Gasteiger charge is 2.40. The van der Waals surface area contributed by atoms with Gasteiger partial charge in [0.15, 0.2) is 0 Å². The molecular weight excluding hydrogens is 278 g/mol. The zero-order chi connectivity index (χ0) is 14.6. The monoisotopic (exact) mass is 297 g/mol. The predicted molar refractivity (Wildman–Crippen MR) is 75.8 cm³/mol. The van der Waals surface area contributed by atoms with Crippen molar-refractivity contribution >= 4 is 16.0 Å². The van der Waals surface area contributed by atoms with Gasteiger partial charge in [-0.05, 0) is 18.4 Å². The number of nitrogens with one attached hydrogen (secondary N) is 1. The van der Waals surface area contributed by atoms with E-state index in [0.717, 1.165) is 12.0 Å². The fourth-order valence-electron chi connectivity index (χ4n) is 2.19. The maximum atomic E-state index is 11.9. The number of esters is 1. The molecule has 2 atom stereocenters. The van der Waals surface area contributed by atoms with E-state index in [-0.39, 0.29) is 36.5 Å². The Balaban J connectivity index is 1.78. The van der Waals surface area contributed by atoms with Crippen LogP contribution in [0.3, 0.4) is 0 Å². The van der Waals surface area contributed by atoms with E-state index in [0.29, 0.717) is 0 Å². The van der Waals surface area contributed by atoms with Crippen LogP contribution in [0.25, 0.3) is 0 Å². The SMILES string of the molecule is COC(=O)CCCS(=O)(=O)NC1CC1c1ccccc1. The van der Waals surface area contributed by atoms with Crippen LogP contribution in [0.15, 0.2) is 30.3 Å². The van der Waals surface area contributed by atoms with Gasteiger partial charge >= 0.3 is 5.97 Å². The molecule has 1 aromatic rings. The van der Waals surface area contributed by atoms with Crippen molar-refractivity contribution in [2.45, 2.75) is 31.2 Å². The summed E-state index contributed by atoms with van der Waals surface area (Å²) in [5, 5.41) is 0. The molecule has 0 aliphatic heterocycles. The first-order valence-corrected chi connectivity index (χ1v) is 8.29. The van der Waals surface area contributed by atoms with E-state index in [1.807, 2.05) is 30.3 Å². The average molecular weight is 297 g/mol. The molecule has 0 heterocycles. The van der Waals surface area contributed by atoms with E-state index in [9.17, 15) is 13.2 Å². The number of methoxy groups -OCH3 is 1. The van der Waals surface area contributed by atoms with Gasteiger partial charge in [0, 0.05) is 18.4 Å². The molecule has 20 heavy (non-hydrogen) atoms. The van der Waals surface area contributed by atoms with Crippen molar-refractivity contribution in [2.75, 3.05) is 12.9 Å². The second-order valence-electron chi connectivity index (χ2n) is 4.98. The van der Waals surface area contributed by atoms with Crippen molar-refractivity contribution in [1.29, 1.82) is 0 Å². The summed E-state index contributed by atoms with van der Waals surface area (Å²) in [6.07, 6.45) is 1.25. The molecule has 0 radical (unpaired) electrons. The summed E-state index contributed by atoms with van der Waals surface area (Å²) >= 11 is 0. The number of hydrogen-bond donors (Lipinski definition) is 1. The van der Waals surface area contributed by atoms with Crippen LogP contribution in [0.5, 0.6) is 0 Å². The predicted octanol–water partition coefficient (Wildman–Crippen LogP) is 1.42. The lowest BCUT2D eigenvalue weighted by Gasteiger charge is -2.06. The molecule has 2 unspecified atom stereocenters. The minimum Gasteiger partial charge on any atom is -0.469 e. The summed E-state index contributed by atoms with van der Waals surface area (Å²) in [6.45, 7) is 0. The molecule has 0 spiro atoms. The fourth-order valence-corrected chi connectivity index (χ4v) is 3.56.